The van der Waals surface area contributed by atoms with Gasteiger partial charge in [0.05, 0.1) is 6.04 Å². The minimum Gasteiger partial charge on any atom is -0.465 e. The van der Waals surface area contributed by atoms with Crippen molar-refractivity contribution < 1.29 is 14.7 Å². The number of carbonyl (C=O) groups is 2. The summed E-state index contributed by atoms with van der Waals surface area (Å²) in [5, 5.41) is 8.38. The SMILES string of the molecule is O=C(O)N1CCC(N2CCC(Cl)C2=O)C1. The second-order valence-corrected chi connectivity index (χ2v) is 4.49. The van der Waals surface area contributed by atoms with Crippen molar-refractivity contribution in [3.05, 3.63) is 0 Å². The highest BCUT2D eigenvalue weighted by molar-refractivity contribution is 6.31. The number of alkyl halides is 1. The van der Waals surface area contributed by atoms with Gasteiger partial charge in [0.1, 0.15) is 5.38 Å². The van der Waals surface area contributed by atoms with Crippen molar-refractivity contribution in [2.75, 3.05) is 19.6 Å². The Morgan fingerprint density at radius 1 is 1.40 bits per heavy atom. The van der Waals surface area contributed by atoms with Gasteiger partial charge in [-0.3, -0.25) is 4.79 Å². The zero-order valence-electron chi connectivity index (χ0n) is 8.23. The lowest BCUT2D eigenvalue weighted by Crippen LogP contribution is -2.40. The molecule has 2 saturated heterocycles. The Balaban J connectivity index is 1.97. The fourth-order valence-corrected chi connectivity index (χ4v) is 2.42. The van der Waals surface area contributed by atoms with E-state index in [1.54, 1.807) is 4.90 Å². The Labute approximate surface area is 92.6 Å². The van der Waals surface area contributed by atoms with Gasteiger partial charge in [-0.15, -0.1) is 11.6 Å². The molecule has 0 radical (unpaired) electrons. The lowest BCUT2D eigenvalue weighted by atomic mass is 10.2. The van der Waals surface area contributed by atoms with Gasteiger partial charge in [0.15, 0.2) is 0 Å². The molecule has 0 aromatic heterocycles. The standard InChI is InChI=1S/C9H13ClN2O3/c10-7-2-4-12(8(7)13)6-1-3-11(5-6)9(14)15/h6-7H,1-5H2,(H,14,15). The Kier molecular flexibility index (Phi) is 2.73. The molecule has 2 unspecified atom stereocenters. The van der Waals surface area contributed by atoms with Crippen LogP contribution in [0.3, 0.4) is 0 Å². The summed E-state index contributed by atoms with van der Waals surface area (Å²) in [6.07, 6.45) is 0.484. The van der Waals surface area contributed by atoms with Crippen molar-refractivity contribution in [2.24, 2.45) is 0 Å². The molecular weight excluding hydrogens is 220 g/mol. The van der Waals surface area contributed by atoms with E-state index < -0.39 is 11.5 Å². The van der Waals surface area contributed by atoms with E-state index in [0.29, 0.717) is 26.1 Å². The van der Waals surface area contributed by atoms with E-state index in [0.717, 1.165) is 6.42 Å². The molecule has 0 aromatic rings. The number of likely N-dealkylation sites (tertiary alicyclic amines) is 2. The Bertz CT molecular complexity index is 297. The van der Waals surface area contributed by atoms with Crippen molar-refractivity contribution in [1.82, 2.24) is 9.80 Å². The van der Waals surface area contributed by atoms with Gasteiger partial charge in [0.25, 0.3) is 0 Å². The van der Waals surface area contributed by atoms with Gasteiger partial charge in [-0.1, -0.05) is 0 Å². The highest BCUT2D eigenvalue weighted by atomic mass is 35.5. The van der Waals surface area contributed by atoms with E-state index in [2.05, 4.69) is 0 Å². The molecule has 0 saturated carbocycles. The van der Waals surface area contributed by atoms with Crippen LogP contribution in [0.4, 0.5) is 4.79 Å². The predicted molar refractivity (Wildman–Crippen MR) is 54.0 cm³/mol. The molecule has 0 aromatic carbocycles. The number of hydrogen-bond donors (Lipinski definition) is 1. The third kappa shape index (κ3) is 1.88. The van der Waals surface area contributed by atoms with Gasteiger partial charge in [-0.05, 0) is 12.8 Å². The van der Waals surface area contributed by atoms with Crippen LogP contribution >= 0.6 is 11.6 Å². The molecule has 2 aliphatic heterocycles. The van der Waals surface area contributed by atoms with Gasteiger partial charge >= 0.3 is 6.09 Å². The number of hydrogen-bond acceptors (Lipinski definition) is 2. The molecule has 84 valence electrons. The number of rotatable bonds is 1. The third-order valence-corrected chi connectivity index (χ3v) is 3.45. The highest BCUT2D eigenvalue weighted by Gasteiger charge is 2.38. The molecule has 6 heteroatoms. The number of halogens is 1. The first kappa shape index (κ1) is 10.5. The summed E-state index contributed by atoms with van der Waals surface area (Å²) in [6.45, 7) is 1.59. The molecule has 0 bridgehead atoms. The van der Waals surface area contributed by atoms with Gasteiger partial charge in [-0.25, -0.2) is 4.79 Å². The van der Waals surface area contributed by atoms with Gasteiger partial charge in [0, 0.05) is 19.6 Å². The minimum atomic E-state index is -0.911. The lowest BCUT2D eigenvalue weighted by molar-refractivity contribution is -0.129. The first-order valence-corrected chi connectivity index (χ1v) is 5.45. The van der Waals surface area contributed by atoms with E-state index >= 15 is 0 Å². The van der Waals surface area contributed by atoms with Crippen molar-refractivity contribution in [1.29, 1.82) is 0 Å². The Morgan fingerprint density at radius 2 is 2.13 bits per heavy atom. The van der Waals surface area contributed by atoms with Crippen LogP contribution in [0.1, 0.15) is 12.8 Å². The number of amides is 2. The Morgan fingerprint density at radius 3 is 2.60 bits per heavy atom. The summed E-state index contributed by atoms with van der Waals surface area (Å²) in [7, 11) is 0. The summed E-state index contributed by atoms with van der Waals surface area (Å²) in [5.74, 6) is -0.0473. The maximum Gasteiger partial charge on any atom is 0.407 e. The lowest BCUT2D eigenvalue weighted by Gasteiger charge is -2.23. The monoisotopic (exact) mass is 232 g/mol. The molecule has 1 N–H and O–H groups in total. The van der Waals surface area contributed by atoms with Crippen LogP contribution in [0.5, 0.6) is 0 Å². The molecule has 0 aliphatic carbocycles. The molecule has 2 atom stereocenters. The number of carboxylic acid groups (broad SMARTS) is 1. The van der Waals surface area contributed by atoms with Gasteiger partial charge in [0.2, 0.25) is 5.91 Å². The molecule has 5 nitrogen and oxygen atoms in total. The van der Waals surface area contributed by atoms with Crippen LogP contribution in [0.25, 0.3) is 0 Å². The molecule has 2 heterocycles. The van der Waals surface area contributed by atoms with E-state index in [-0.39, 0.29) is 11.9 Å². The summed E-state index contributed by atoms with van der Waals surface area (Å²) < 4.78 is 0. The van der Waals surface area contributed by atoms with E-state index in [1.807, 2.05) is 0 Å². The van der Waals surface area contributed by atoms with Crippen molar-refractivity contribution >= 4 is 23.6 Å². The average Bonchev–Trinajstić information content (AvgIpc) is 2.76. The van der Waals surface area contributed by atoms with E-state index in [1.165, 1.54) is 4.90 Å². The quantitative estimate of drug-likeness (QED) is 0.673. The van der Waals surface area contributed by atoms with Crippen molar-refractivity contribution in [3.63, 3.8) is 0 Å². The summed E-state index contributed by atoms with van der Waals surface area (Å²) in [5.41, 5.74) is 0. The first-order valence-electron chi connectivity index (χ1n) is 5.02. The van der Waals surface area contributed by atoms with Crippen molar-refractivity contribution in [3.8, 4) is 0 Å². The molecular formula is C9H13ClN2O3. The van der Waals surface area contributed by atoms with Crippen LogP contribution < -0.4 is 0 Å². The van der Waals surface area contributed by atoms with Crippen LogP contribution in [0.15, 0.2) is 0 Å². The molecule has 15 heavy (non-hydrogen) atoms. The van der Waals surface area contributed by atoms with Gasteiger partial charge < -0.3 is 14.9 Å². The largest absolute Gasteiger partial charge is 0.465 e. The second kappa shape index (κ2) is 3.89. The molecule has 0 spiro atoms. The maximum atomic E-state index is 11.6. The zero-order valence-corrected chi connectivity index (χ0v) is 8.98. The first-order chi connectivity index (χ1) is 7.09. The van der Waals surface area contributed by atoms with Crippen LogP contribution in [0.2, 0.25) is 0 Å². The average molecular weight is 233 g/mol. The topological polar surface area (TPSA) is 60.9 Å². The molecule has 2 rings (SSSR count). The van der Waals surface area contributed by atoms with Gasteiger partial charge in [-0.2, -0.15) is 0 Å². The van der Waals surface area contributed by atoms with Crippen molar-refractivity contribution in [2.45, 2.75) is 24.3 Å². The van der Waals surface area contributed by atoms with Crippen LogP contribution in [-0.4, -0.2) is 58.0 Å². The fourth-order valence-electron chi connectivity index (χ4n) is 2.20. The predicted octanol–water partition coefficient (Wildman–Crippen LogP) is 0.578. The second-order valence-electron chi connectivity index (χ2n) is 3.96. The molecule has 2 fully saturated rings. The maximum absolute atomic E-state index is 11.6. The van der Waals surface area contributed by atoms with E-state index in [9.17, 15) is 9.59 Å². The van der Waals surface area contributed by atoms with Crippen LogP contribution in [0, 0.1) is 0 Å². The normalized spacial score (nSPS) is 31.4. The summed E-state index contributed by atoms with van der Waals surface area (Å²) in [6, 6.07) is 0.0253. The van der Waals surface area contributed by atoms with Crippen LogP contribution in [-0.2, 0) is 4.79 Å². The minimum absolute atomic E-state index is 0.0253. The zero-order chi connectivity index (χ0) is 11.0. The van der Waals surface area contributed by atoms with E-state index in [4.69, 9.17) is 16.7 Å². The summed E-state index contributed by atoms with van der Waals surface area (Å²) in [4.78, 5) is 25.4. The smallest absolute Gasteiger partial charge is 0.407 e. The number of carbonyl (C=O) groups excluding carboxylic acids is 1. The third-order valence-electron chi connectivity index (χ3n) is 3.05. The number of nitrogens with zero attached hydrogens (tertiary/aromatic N) is 2. The summed E-state index contributed by atoms with van der Waals surface area (Å²) >= 11 is 5.81. The fraction of sp³-hybridized carbons (Fsp3) is 0.778. The Hall–Kier alpha value is -0.970. The molecule has 2 aliphatic rings. The molecule has 2 amide bonds. The highest BCUT2D eigenvalue weighted by Crippen LogP contribution is 2.24.